The van der Waals surface area contributed by atoms with Crippen molar-refractivity contribution >= 4 is 0 Å². The van der Waals surface area contributed by atoms with E-state index in [1.54, 1.807) is 0 Å². The van der Waals surface area contributed by atoms with Crippen LogP contribution < -0.4 is 5.32 Å². The lowest BCUT2D eigenvalue weighted by atomic mass is 10.7. The topological polar surface area (TPSA) is 103 Å². The third kappa shape index (κ3) is 149. The van der Waals surface area contributed by atoms with Crippen LogP contribution >= 0.6 is 0 Å². The van der Waals surface area contributed by atoms with Gasteiger partial charge in [0.05, 0.1) is 25.3 Å². The van der Waals surface area contributed by atoms with Gasteiger partial charge in [0.1, 0.15) is 0 Å². The maximum Gasteiger partial charge on any atom is 0.0988 e. The van der Waals surface area contributed by atoms with Crippen molar-refractivity contribution in [3.8, 4) is 0 Å². The molecule has 0 spiro atoms. The highest BCUT2D eigenvalue weighted by Crippen LogP contribution is 1.44. The molecule has 0 amide bonds. The van der Waals surface area contributed by atoms with Gasteiger partial charge < -0.3 is 25.7 Å². The number of hydrogen-bond donors (Lipinski definition) is 2. The van der Waals surface area contributed by atoms with Crippen molar-refractivity contribution in [2.75, 3.05) is 20.2 Å². The summed E-state index contributed by atoms with van der Waals surface area (Å²) >= 11 is 0. The summed E-state index contributed by atoms with van der Waals surface area (Å²) in [5.74, 6) is 0. The van der Waals surface area contributed by atoms with E-state index in [0.717, 1.165) is 6.54 Å². The van der Waals surface area contributed by atoms with E-state index in [9.17, 15) is 0 Å². The molecule has 56 valence electrons. The highest BCUT2D eigenvalue weighted by molar-refractivity contribution is 4.06. The Balaban J connectivity index is 0. The molecule has 0 atom stereocenters. The van der Waals surface area contributed by atoms with Crippen LogP contribution in [0.4, 0.5) is 0 Å². The zero-order chi connectivity index (χ0) is 7.70. The molecule has 3 N–H and O–H groups in total. The summed E-state index contributed by atoms with van der Waals surface area (Å²) in [4.78, 5) is 8.25. The molecule has 0 saturated heterocycles. The minimum absolute atomic E-state index is 0.288. The number of hydrogen-bond acceptors (Lipinski definition) is 4. The monoisotopic (exact) mass is 138 g/mol. The molecule has 0 unspecified atom stereocenters. The smallest absolute Gasteiger partial charge is 0.0988 e. The van der Waals surface area contributed by atoms with Crippen molar-refractivity contribution in [3.05, 3.63) is 15.3 Å². The van der Waals surface area contributed by atoms with Gasteiger partial charge in [0.2, 0.25) is 0 Å². The van der Waals surface area contributed by atoms with Crippen LogP contribution in [0.1, 0.15) is 0 Å². The predicted molar refractivity (Wildman–Crippen MR) is 30.2 cm³/mol. The molecule has 0 aromatic rings. The van der Waals surface area contributed by atoms with Crippen molar-refractivity contribution in [1.82, 2.24) is 0 Å². The molecule has 0 radical (unpaired) electrons. The molecule has 0 aromatic heterocycles. The Hall–Kier alpha value is -0.880. The van der Waals surface area contributed by atoms with Crippen molar-refractivity contribution < 1.29 is 15.5 Å². The number of quaternary nitrogens is 1. The first-order chi connectivity index (χ1) is 4.15. The second-order valence-corrected chi connectivity index (χ2v) is 1.14. The minimum Gasteiger partial charge on any atom is -0.391 e. The fraction of sp³-hybridized carbons (Fsp3) is 1.00. The Labute approximate surface area is 52.2 Å². The number of aliphatic hydroxyl groups excluding tert-OH is 1. The second-order valence-electron chi connectivity index (χ2n) is 1.14. The minimum atomic E-state index is -1.75. The van der Waals surface area contributed by atoms with Gasteiger partial charge >= 0.3 is 0 Å². The van der Waals surface area contributed by atoms with Gasteiger partial charge in [-0.3, -0.25) is 0 Å². The lowest BCUT2D eigenvalue weighted by Gasteiger charge is -1.81. The molecule has 0 fully saturated rings. The van der Waals surface area contributed by atoms with Crippen LogP contribution in [0.3, 0.4) is 0 Å². The fourth-order valence-corrected chi connectivity index (χ4v) is 0.129. The summed E-state index contributed by atoms with van der Waals surface area (Å²) in [6.45, 7) is 1.11. The lowest BCUT2D eigenvalue weighted by molar-refractivity contribution is -0.628. The van der Waals surface area contributed by atoms with Crippen LogP contribution in [0.25, 0.3) is 0 Å². The van der Waals surface area contributed by atoms with Crippen LogP contribution in [0.15, 0.2) is 0 Å². The summed E-state index contributed by atoms with van der Waals surface area (Å²) < 4.78 is 0. The highest BCUT2D eigenvalue weighted by Gasteiger charge is 1.69. The lowest BCUT2D eigenvalue weighted by Crippen LogP contribution is -2.80. The van der Waals surface area contributed by atoms with E-state index in [2.05, 4.69) is 0 Å². The summed E-state index contributed by atoms with van der Waals surface area (Å²) in [5, 5.41) is 24.7. The van der Waals surface area contributed by atoms with Gasteiger partial charge in [-0.2, -0.15) is 0 Å². The van der Waals surface area contributed by atoms with Crippen LogP contribution in [0.2, 0.25) is 0 Å². The van der Waals surface area contributed by atoms with Crippen LogP contribution in [0, 0.1) is 15.3 Å². The molecule has 6 heteroatoms. The maximum atomic E-state index is 8.25. The van der Waals surface area contributed by atoms with Crippen LogP contribution in [-0.2, 0) is 0 Å². The van der Waals surface area contributed by atoms with Gasteiger partial charge in [0.25, 0.3) is 0 Å². The highest BCUT2D eigenvalue weighted by atomic mass is 16.9. The first-order valence-electron chi connectivity index (χ1n) is 2.35. The fourth-order valence-electron chi connectivity index (χ4n) is 0.129. The maximum absolute atomic E-state index is 8.25. The molecule has 0 saturated carbocycles. The average molecular weight is 138 g/mol. The van der Waals surface area contributed by atoms with Crippen molar-refractivity contribution in [1.29, 1.82) is 0 Å². The van der Waals surface area contributed by atoms with Crippen molar-refractivity contribution in [2.45, 2.75) is 0 Å². The molecule has 0 bridgehead atoms. The van der Waals surface area contributed by atoms with Crippen molar-refractivity contribution in [3.63, 3.8) is 0 Å². The third-order valence-electron chi connectivity index (χ3n) is 0.418. The zero-order valence-electron chi connectivity index (χ0n) is 5.11. The quantitative estimate of drug-likeness (QED) is 0.338. The normalized spacial score (nSPS) is 7.33. The molecule has 0 aromatic carbocycles. The van der Waals surface area contributed by atoms with Crippen molar-refractivity contribution in [2.24, 2.45) is 0 Å². The Bertz CT molecular complexity index is 60.8. The third-order valence-corrected chi connectivity index (χ3v) is 0.418. The largest absolute Gasteiger partial charge is 0.391 e. The summed E-state index contributed by atoms with van der Waals surface area (Å²) in [5.41, 5.74) is 0. The van der Waals surface area contributed by atoms with Crippen LogP contribution in [-0.4, -0.2) is 30.4 Å². The molecular formula is C3H10N2O4. The summed E-state index contributed by atoms with van der Waals surface area (Å²) in [6, 6.07) is 0. The first kappa shape index (κ1) is 11.0. The number of likely N-dealkylation sites (N-methyl/N-ethyl adjacent to an activating group) is 1. The molecule has 0 heterocycles. The van der Waals surface area contributed by atoms with E-state index in [1.165, 1.54) is 0 Å². The predicted octanol–water partition coefficient (Wildman–Crippen LogP) is -2.07. The SMILES string of the molecule is C[NH2+]CCO.O=[N+]([O-])[O-]. The molecule has 0 aliphatic rings. The Kier molecular flexibility index (Phi) is 12.4. The number of nitrogens with zero attached hydrogens (tertiary/aromatic N) is 1. The molecule has 0 rings (SSSR count). The van der Waals surface area contributed by atoms with Gasteiger partial charge in [-0.25, -0.2) is 0 Å². The Morgan fingerprint density at radius 1 is 1.67 bits per heavy atom. The van der Waals surface area contributed by atoms with E-state index in [4.69, 9.17) is 20.4 Å². The zero-order valence-corrected chi connectivity index (χ0v) is 5.11. The van der Waals surface area contributed by atoms with E-state index in [1.807, 2.05) is 12.4 Å². The number of aliphatic hydroxyl groups is 1. The van der Waals surface area contributed by atoms with Crippen LogP contribution in [0.5, 0.6) is 0 Å². The standard InChI is InChI=1S/C3H9NO.NO3/c1-4-2-3-5;2-1(3)4/h4-5H,2-3H2,1H3;/q;-1/p+1. The van der Waals surface area contributed by atoms with E-state index in [0.29, 0.717) is 0 Å². The summed E-state index contributed by atoms with van der Waals surface area (Å²) in [6.07, 6.45) is 0. The first-order valence-corrected chi connectivity index (χ1v) is 2.35. The second kappa shape index (κ2) is 10.2. The summed E-state index contributed by atoms with van der Waals surface area (Å²) in [7, 11) is 1.93. The average Bonchev–Trinajstić information content (AvgIpc) is 1.66. The molecule has 6 nitrogen and oxygen atoms in total. The van der Waals surface area contributed by atoms with E-state index in [-0.39, 0.29) is 6.61 Å². The van der Waals surface area contributed by atoms with Gasteiger partial charge in [0.15, 0.2) is 0 Å². The Morgan fingerprint density at radius 2 is 2.00 bits per heavy atom. The number of rotatable bonds is 2. The molecule has 0 aliphatic heterocycles. The van der Waals surface area contributed by atoms with Gasteiger partial charge in [0, 0.05) is 0 Å². The van der Waals surface area contributed by atoms with E-state index < -0.39 is 5.09 Å². The van der Waals surface area contributed by atoms with Gasteiger partial charge in [-0.15, -0.1) is 0 Å². The molecule has 9 heavy (non-hydrogen) atoms. The van der Waals surface area contributed by atoms with Gasteiger partial charge in [-0.1, -0.05) is 0 Å². The molecule has 0 aliphatic carbocycles. The Morgan fingerprint density at radius 3 is 2.00 bits per heavy atom. The number of nitrogens with two attached hydrogens (primary N) is 1. The van der Waals surface area contributed by atoms with E-state index >= 15 is 0 Å². The van der Waals surface area contributed by atoms with Gasteiger partial charge in [-0.05, 0) is 0 Å². The molecular weight excluding hydrogens is 128 g/mol.